The van der Waals surface area contributed by atoms with Gasteiger partial charge < -0.3 is 14.8 Å². The van der Waals surface area contributed by atoms with Crippen molar-refractivity contribution in [1.29, 1.82) is 0 Å². The van der Waals surface area contributed by atoms with E-state index in [0.717, 1.165) is 18.2 Å². The summed E-state index contributed by atoms with van der Waals surface area (Å²) in [4.78, 5) is 24.0. The van der Waals surface area contributed by atoms with E-state index in [1.165, 1.54) is 13.8 Å². The second-order valence-corrected chi connectivity index (χ2v) is 7.79. The molecule has 186 valence electrons. The van der Waals surface area contributed by atoms with Crippen LogP contribution < -0.4 is 10.1 Å². The van der Waals surface area contributed by atoms with E-state index in [4.69, 9.17) is 9.47 Å². The highest BCUT2D eigenvalue weighted by Gasteiger charge is 2.37. The Morgan fingerprint density at radius 2 is 1.47 bits per heavy atom. The topological polar surface area (TPSA) is 64.6 Å². The summed E-state index contributed by atoms with van der Waals surface area (Å²) in [6.45, 7) is 4.93. The lowest BCUT2D eigenvalue weighted by Gasteiger charge is -2.25. The van der Waals surface area contributed by atoms with Crippen molar-refractivity contribution in [3.05, 3.63) is 64.5 Å². The Kier molecular flexibility index (Phi) is 7.84. The number of hydrogen-bond donors (Lipinski definition) is 1. The Bertz CT molecular complexity index is 1030. The fourth-order valence-electron chi connectivity index (χ4n) is 2.91. The number of ether oxygens (including phenoxy) is 2. The molecule has 0 aliphatic rings. The highest BCUT2D eigenvalue weighted by atomic mass is 19.4. The van der Waals surface area contributed by atoms with Gasteiger partial charge in [0.25, 0.3) is 0 Å². The molecule has 0 unspecified atom stereocenters. The van der Waals surface area contributed by atoms with Crippen LogP contribution in [0.5, 0.6) is 5.75 Å². The van der Waals surface area contributed by atoms with E-state index in [0.29, 0.717) is 6.54 Å². The largest absolute Gasteiger partial charge is 0.443 e. The summed E-state index contributed by atoms with van der Waals surface area (Å²) in [7, 11) is 0. The van der Waals surface area contributed by atoms with Gasteiger partial charge in [-0.1, -0.05) is 0 Å². The molecule has 0 spiro atoms. The van der Waals surface area contributed by atoms with Gasteiger partial charge in [-0.05, 0) is 62.7 Å². The molecule has 5 nitrogen and oxygen atoms in total. The van der Waals surface area contributed by atoms with Crippen molar-refractivity contribution in [2.75, 3.05) is 6.54 Å². The van der Waals surface area contributed by atoms with E-state index in [-0.39, 0.29) is 35.9 Å². The van der Waals surface area contributed by atoms with Crippen LogP contribution in [0.4, 0.5) is 35.5 Å². The number of carbonyl (C=O) groups is 2. The molecule has 0 saturated carbocycles. The molecular formula is C22H20F7NO4. The van der Waals surface area contributed by atoms with Crippen molar-refractivity contribution in [3.63, 3.8) is 0 Å². The first-order valence-electron chi connectivity index (χ1n) is 9.79. The normalized spacial score (nSPS) is 12.3. The minimum absolute atomic E-state index is 0.0698. The molecule has 0 heterocycles. The van der Waals surface area contributed by atoms with Gasteiger partial charge in [-0.2, -0.15) is 26.3 Å². The molecule has 0 aliphatic heterocycles. The zero-order valence-corrected chi connectivity index (χ0v) is 18.2. The number of hydrogen-bond acceptors (Lipinski definition) is 4. The van der Waals surface area contributed by atoms with Gasteiger partial charge in [0.1, 0.15) is 17.2 Å². The molecule has 34 heavy (non-hydrogen) atoms. The van der Waals surface area contributed by atoms with Gasteiger partial charge in [0.05, 0.1) is 16.7 Å². The summed E-state index contributed by atoms with van der Waals surface area (Å²) < 4.78 is 102. The number of alkyl carbamates (subject to hydrolysis) is 1. The van der Waals surface area contributed by atoms with Crippen molar-refractivity contribution in [1.82, 2.24) is 5.32 Å². The molecule has 0 aromatic heterocycles. The third kappa shape index (κ3) is 7.35. The second-order valence-electron chi connectivity index (χ2n) is 7.79. The van der Waals surface area contributed by atoms with Crippen molar-refractivity contribution in [3.8, 4) is 5.75 Å². The smallest absolute Gasteiger partial charge is 0.416 e. The molecule has 1 amide bonds. The first-order valence-corrected chi connectivity index (χ1v) is 9.79. The summed E-state index contributed by atoms with van der Waals surface area (Å²) >= 11 is 0. The molecule has 0 bridgehead atoms. The zero-order valence-electron chi connectivity index (χ0n) is 18.2. The van der Waals surface area contributed by atoms with E-state index < -0.39 is 52.5 Å². The summed E-state index contributed by atoms with van der Waals surface area (Å²) in [5, 5.41) is 2.40. The number of rotatable bonds is 6. The molecule has 2 aromatic rings. The summed E-state index contributed by atoms with van der Waals surface area (Å²) in [6, 6.07) is 3.24. The maximum absolute atomic E-state index is 14.3. The minimum Gasteiger partial charge on any atom is -0.443 e. The van der Waals surface area contributed by atoms with Gasteiger partial charge in [-0.3, -0.25) is 0 Å². The number of amides is 1. The number of carbonyl (C=O) groups excluding carboxylic acids is 2. The number of benzene rings is 2. The maximum atomic E-state index is 14.3. The average molecular weight is 495 g/mol. The van der Waals surface area contributed by atoms with Crippen LogP contribution in [0, 0.1) is 5.82 Å². The molecule has 0 atom stereocenters. The SMILES string of the molecule is CCNC(=O)OC(C)(C)Cc1cc(OC(=O)c2cc(C(F)(F)F)cc(C(F)(F)F)c2)ccc1F. The van der Waals surface area contributed by atoms with Crippen LogP contribution in [0.15, 0.2) is 36.4 Å². The van der Waals surface area contributed by atoms with Gasteiger partial charge in [0.2, 0.25) is 0 Å². The van der Waals surface area contributed by atoms with E-state index in [2.05, 4.69) is 5.32 Å². The molecule has 2 rings (SSSR count). The van der Waals surface area contributed by atoms with E-state index in [1.807, 2.05) is 0 Å². The summed E-state index contributed by atoms with van der Waals surface area (Å²) in [5.41, 5.74) is -5.63. The van der Waals surface area contributed by atoms with Crippen LogP contribution in [0.3, 0.4) is 0 Å². The standard InChI is InChI=1S/C22H20F7NO4/c1-4-30-19(32)34-20(2,3)11-13-9-16(5-6-17(13)23)33-18(31)12-7-14(21(24,25)26)10-15(8-12)22(27,28)29/h5-10H,4,11H2,1-3H3,(H,30,32). The first kappa shape index (κ1) is 26.9. The molecule has 0 aliphatic carbocycles. The summed E-state index contributed by atoms with van der Waals surface area (Å²) in [6.07, 6.45) is -11.2. The van der Waals surface area contributed by atoms with Gasteiger partial charge in [-0.15, -0.1) is 0 Å². The predicted octanol–water partition coefficient (Wildman–Crippen LogP) is 6.15. The number of alkyl halides is 6. The van der Waals surface area contributed by atoms with Crippen LogP contribution in [0.1, 0.15) is 47.8 Å². The Morgan fingerprint density at radius 1 is 0.912 bits per heavy atom. The van der Waals surface area contributed by atoms with Crippen molar-refractivity contribution >= 4 is 12.1 Å². The fourth-order valence-corrected chi connectivity index (χ4v) is 2.91. The average Bonchev–Trinajstić information content (AvgIpc) is 2.68. The van der Waals surface area contributed by atoms with E-state index in [9.17, 15) is 40.3 Å². The van der Waals surface area contributed by atoms with Crippen LogP contribution >= 0.6 is 0 Å². The molecule has 0 fully saturated rings. The van der Waals surface area contributed by atoms with Crippen LogP contribution in [-0.4, -0.2) is 24.2 Å². The number of nitrogens with one attached hydrogen (secondary N) is 1. The first-order chi connectivity index (χ1) is 15.5. The molecule has 0 saturated heterocycles. The predicted molar refractivity (Wildman–Crippen MR) is 106 cm³/mol. The molecular weight excluding hydrogens is 475 g/mol. The van der Waals surface area contributed by atoms with Crippen LogP contribution in [0.25, 0.3) is 0 Å². The van der Waals surface area contributed by atoms with Crippen LogP contribution in [0.2, 0.25) is 0 Å². The lowest BCUT2D eigenvalue weighted by Crippen LogP contribution is -2.36. The van der Waals surface area contributed by atoms with Gasteiger partial charge in [0, 0.05) is 13.0 Å². The van der Waals surface area contributed by atoms with E-state index >= 15 is 0 Å². The highest BCUT2D eigenvalue weighted by Crippen LogP contribution is 2.36. The number of esters is 1. The summed E-state index contributed by atoms with van der Waals surface area (Å²) in [5.74, 6) is -2.60. The van der Waals surface area contributed by atoms with Crippen molar-refractivity contribution < 1.29 is 49.8 Å². The Balaban J connectivity index is 2.31. The second kappa shape index (κ2) is 9.90. The van der Waals surface area contributed by atoms with Gasteiger partial charge in [-0.25, -0.2) is 14.0 Å². The zero-order chi connectivity index (χ0) is 25.9. The van der Waals surface area contributed by atoms with Gasteiger partial charge >= 0.3 is 24.4 Å². The Morgan fingerprint density at radius 3 is 1.97 bits per heavy atom. The van der Waals surface area contributed by atoms with Crippen molar-refractivity contribution in [2.24, 2.45) is 0 Å². The van der Waals surface area contributed by atoms with E-state index in [1.54, 1.807) is 6.92 Å². The molecule has 2 aromatic carbocycles. The maximum Gasteiger partial charge on any atom is 0.416 e. The third-order valence-electron chi connectivity index (χ3n) is 4.36. The third-order valence-corrected chi connectivity index (χ3v) is 4.36. The molecule has 1 N–H and O–H groups in total. The van der Waals surface area contributed by atoms with Crippen molar-refractivity contribution in [2.45, 2.75) is 45.1 Å². The fraction of sp³-hybridized carbons (Fsp3) is 0.364. The van der Waals surface area contributed by atoms with Gasteiger partial charge in [0.15, 0.2) is 0 Å². The van der Waals surface area contributed by atoms with Crippen LogP contribution in [-0.2, 0) is 23.5 Å². The Hall–Kier alpha value is -3.31. The molecule has 12 heteroatoms. The Labute approximate surface area is 189 Å². The lowest BCUT2D eigenvalue weighted by atomic mass is 9.97. The molecule has 0 radical (unpaired) electrons. The number of halogens is 7. The minimum atomic E-state index is -5.14. The lowest BCUT2D eigenvalue weighted by molar-refractivity contribution is -0.143. The quantitative estimate of drug-likeness (QED) is 0.297. The monoisotopic (exact) mass is 495 g/mol. The highest BCUT2D eigenvalue weighted by molar-refractivity contribution is 5.91.